The number of nitrogen functional groups attached to an aromatic ring is 1. The Balaban J connectivity index is 2.31. The van der Waals surface area contributed by atoms with E-state index < -0.39 is 5.60 Å². The second-order valence-electron chi connectivity index (χ2n) is 7.11. The molecule has 1 aliphatic heterocycles. The van der Waals surface area contributed by atoms with Gasteiger partial charge in [0.05, 0.1) is 5.69 Å². The molecule has 21 heavy (non-hydrogen) atoms. The molecule has 1 aliphatic rings. The lowest BCUT2D eigenvalue weighted by Gasteiger charge is -2.25. The molecule has 0 aromatic heterocycles. The van der Waals surface area contributed by atoms with E-state index in [-0.39, 0.29) is 6.09 Å². The van der Waals surface area contributed by atoms with Gasteiger partial charge in [-0.1, -0.05) is 13.8 Å². The Kier molecular flexibility index (Phi) is 4.17. The van der Waals surface area contributed by atoms with E-state index in [1.807, 2.05) is 32.9 Å². The zero-order chi connectivity index (χ0) is 15.8. The first-order valence-electron chi connectivity index (χ1n) is 7.60. The minimum Gasteiger partial charge on any atom is -0.443 e. The third-order valence-corrected chi connectivity index (χ3v) is 3.55. The summed E-state index contributed by atoms with van der Waals surface area (Å²) >= 11 is 0. The van der Waals surface area contributed by atoms with E-state index in [0.29, 0.717) is 12.5 Å². The summed E-state index contributed by atoms with van der Waals surface area (Å²) in [4.78, 5) is 14.0. The summed E-state index contributed by atoms with van der Waals surface area (Å²) in [6, 6.07) is 3.84. The number of anilines is 2. The molecule has 4 heteroatoms. The van der Waals surface area contributed by atoms with E-state index in [1.54, 1.807) is 4.90 Å². The van der Waals surface area contributed by atoms with Gasteiger partial charge in [-0.15, -0.1) is 0 Å². The third-order valence-electron chi connectivity index (χ3n) is 3.55. The summed E-state index contributed by atoms with van der Waals surface area (Å²) in [7, 11) is 0. The smallest absolute Gasteiger partial charge is 0.414 e. The molecule has 0 aliphatic carbocycles. The van der Waals surface area contributed by atoms with Crippen LogP contribution in [0.3, 0.4) is 0 Å². The maximum atomic E-state index is 12.3. The molecule has 0 unspecified atom stereocenters. The van der Waals surface area contributed by atoms with Gasteiger partial charge < -0.3 is 10.5 Å². The van der Waals surface area contributed by atoms with Crippen molar-refractivity contribution in [1.29, 1.82) is 0 Å². The van der Waals surface area contributed by atoms with Gasteiger partial charge in [-0.3, -0.25) is 4.90 Å². The van der Waals surface area contributed by atoms with Crippen LogP contribution in [-0.4, -0.2) is 18.2 Å². The highest BCUT2D eigenvalue weighted by molar-refractivity contribution is 5.91. The van der Waals surface area contributed by atoms with Gasteiger partial charge in [0.25, 0.3) is 0 Å². The van der Waals surface area contributed by atoms with Crippen LogP contribution in [0.5, 0.6) is 0 Å². The number of ether oxygens (including phenoxy) is 1. The number of amides is 1. The highest BCUT2D eigenvalue weighted by Crippen LogP contribution is 2.35. The lowest BCUT2D eigenvalue weighted by molar-refractivity contribution is 0.0584. The molecule has 0 radical (unpaired) electrons. The largest absolute Gasteiger partial charge is 0.443 e. The summed E-state index contributed by atoms with van der Waals surface area (Å²) in [5, 5.41) is 0. The van der Waals surface area contributed by atoms with Gasteiger partial charge >= 0.3 is 6.09 Å². The van der Waals surface area contributed by atoms with Crippen LogP contribution in [0.1, 0.15) is 45.7 Å². The van der Waals surface area contributed by atoms with E-state index >= 15 is 0 Å². The topological polar surface area (TPSA) is 55.6 Å². The first-order chi connectivity index (χ1) is 9.69. The van der Waals surface area contributed by atoms with Gasteiger partial charge in [0.2, 0.25) is 0 Å². The lowest BCUT2D eigenvalue weighted by Crippen LogP contribution is -2.35. The number of hydrogen-bond acceptors (Lipinski definition) is 3. The molecule has 116 valence electrons. The lowest BCUT2D eigenvalue weighted by atomic mass is 9.95. The van der Waals surface area contributed by atoms with Crippen LogP contribution in [-0.2, 0) is 17.6 Å². The van der Waals surface area contributed by atoms with Gasteiger partial charge in [0.15, 0.2) is 0 Å². The van der Waals surface area contributed by atoms with E-state index in [2.05, 4.69) is 13.8 Å². The highest BCUT2D eigenvalue weighted by atomic mass is 16.6. The minimum atomic E-state index is -0.478. The van der Waals surface area contributed by atoms with Crippen LogP contribution in [0.4, 0.5) is 16.2 Å². The standard InChI is InChI=1S/C17H26N2O2/c1-11(2)10-13-12-8-9-19(15(12)7-6-14(13)18)16(20)21-17(3,4)5/h6-7,11H,8-10,18H2,1-5H3. The predicted octanol–water partition coefficient (Wildman–Crippen LogP) is 3.76. The molecule has 1 heterocycles. The van der Waals surface area contributed by atoms with Crippen LogP contribution in [0, 0.1) is 5.92 Å². The molecule has 0 saturated heterocycles. The second kappa shape index (κ2) is 5.58. The van der Waals surface area contributed by atoms with Crippen molar-refractivity contribution in [2.24, 2.45) is 5.92 Å². The fourth-order valence-electron chi connectivity index (χ4n) is 2.73. The minimum absolute atomic E-state index is 0.276. The highest BCUT2D eigenvalue weighted by Gasteiger charge is 2.30. The molecule has 2 N–H and O–H groups in total. The van der Waals surface area contributed by atoms with Crippen LogP contribution < -0.4 is 10.6 Å². The third kappa shape index (κ3) is 3.49. The van der Waals surface area contributed by atoms with Crippen molar-refractivity contribution in [2.75, 3.05) is 17.2 Å². The number of hydrogen-bond donors (Lipinski definition) is 1. The molecule has 1 amide bonds. The number of fused-ring (bicyclic) bond motifs is 1. The maximum absolute atomic E-state index is 12.3. The summed E-state index contributed by atoms with van der Waals surface area (Å²) in [6.45, 7) is 10.7. The van der Waals surface area contributed by atoms with Crippen LogP contribution in [0.25, 0.3) is 0 Å². The zero-order valence-corrected chi connectivity index (χ0v) is 13.7. The van der Waals surface area contributed by atoms with Crippen molar-refractivity contribution in [2.45, 2.75) is 53.1 Å². The van der Waals surface area contributed by atoms with Crippen molar-refractivity contribution in [1.82, 2.24) is 0 Å². The summed E-state index contributed by atoms with van der Waals surface area (Å²) in [5.41, 5.74) is 9.82. The Morgan fingerprint density at radius 2 is 2.05 bits per heavy atom. The van der Waals surface area contributed by atoms with Crippen LogP contribution >= 0.6 is 0 Å². The Morgan fingerprint density at radius 1 is 1.38 bits per heavy atom. The number of nitrogens with zero attached hydrogens (tertiary/aromatic N) is 1. The molecule has 4 nitrogen and oxygen atoms in total. The number of carbonyl (C=O) groups excluding carboxylic acids is 1. The number of nitrogens with two attached hydrogens (primary N) is 1. The van der Waals surface area contributed by atoms with Crippen molar-refractivity contribution >= 4 is 17.5 Å². The first-order valence-corrected chi connectivity index (χ1v) is 7.60. The van der Waals surface area contributed by atoms with Gasteiger partial charge in [-0.2, -0.15) is 0 Å². The van der Waals surface area contributed by atoms with Gasteiger partial charge in [0.1, 0.15) is 5.60 Å². The van der Waals surface area contributed by atoms with Crippen molar-refractivity contribution < 1.29 is 9.53 Å². The molecular weight excluding hydrogens is 264 g/mol. The molecule has 1 aromatic carbocycles. The van der Waals surface area contributed by atoms with Crippen molar-refractivity contribution in [3.8, 4) is 0 Å². The fourth-order valence-corrected chi connectivity index (χ4v) is 2.73. The first kappa shape index (κ1) is 15.7. The number of rotatable bonds is 2. The summed E-state index contributed by atoms with van der Waals surface area (Å²) in [5.74, 6) is 0.536. The molecule has 0 atom stereocenters. The monoisotopic (exact) mass is 290 g/mol. The van der Waals surface area contributed by atoms with Crippen LogP contribution in [0.2, 0.25) is 0 Å². The van der Waals surface area contributed by atoms with Crippen molar-refractivity contribution in [3.05, 3.63) is 23.3 Å². The van der Waals surface area contributed by atoms with E-state index in [4.69, 9.17) is 10.5 Å². The average molecular weight is 290 g/mol. The summed E-state index contributed by atoms with van der Waals surface area (Å²) in [6.07, 6.45) is 1.51. The molecule has 2 rings (SSSR count). The van der Waals surface area contributed by atoms with E-state index in [1.165, 1.54) is 11.1 Å². The Hall–Kier alpha value is -1.71. The Bertz CT molecular complexity index is 544. The normalized spacial score (nSPS) is 14.5. The Morgan fingerprint density at radius 3 is 2.62 bits per heavy atom. The molecule has 0 fully saturated rings. The molecular formula is C17H26N2O2. The zero-order valence-electron chi connectivity index (χ0n) is 13.7. The Labute approximate surface area is 127 Å². The molecule has 1 aromatic rings. The molecule has 0 bridgehead atoms. The molecule has 0 saturated carbocycles. The van der Waals surface area contributed by atoms with Crippen LogP contribution in [0.15, 0.2) is 12.1 Å². The van der Waals surface area contributed by atoms with E-state index in [0.717, 1.165) is 24.2 Å². The summed E-state index contributed by atoms with van der Waals surface area (Å²) < 4.78 is 5.49. The predicted molar refractivity (Wildman–Crippen MR) is 86.7 cm³/mol. The van der Waals surface area contributed by atoms with Gasteiger partial charge in [0, 0.05) is 12.2 Å². The maximum Gasteiger partial charge on any atom is 0.414 e. The quantitative estimate of drug-likeness (QED) is 0.844. The van der Waals surface area contributed by atoms with Gasteiger partial charge in [-0.25, -0.2) is 4.79 Å². The SMILES string of the molecule is CC(C)Cc1c(N)ccc2c1CCN2C(=O)OC(C)(C)C. The number of benzene rings is 1. The average Bonchev–Trinajstić information content (AvgIpc) is 2.74. The van der Waals surface area contributed by atoms with Crippen molar-refractivity contribution in [3.63, 3.8) is 0 Å². The van der Waals surface area contributed by atoms with E-state index in [9.17, 15) is 4.79 Å². The second-order valence-corrected chi connectivity index (χ2v) is 7.11. The molecule has 0 spiro atoms. The fraction of sp³-hybridized carbons (Fsp3) is 0.588. The number of carbonyl (C=O) groups is 1. The van der Waals surface area contributed by atoms with Gasteiger partial charge in [-0.05, 0) is 62.8 Å².